The zero-order chi connectivity index (χ0) is 35.0. The zero-order valence-electron chi connectivity index (χ0n) is 31.3. The first-order chi connectivity index (χ1) is 25.7. The van der Waals surface area contributed by atoms with Crippen molar-refractivity contribution >= 4 is 64.6 Å². The molecule has 0 bridgehead atoms. The molecule has 55 heavy (non-hydrogen) atoms. The van der Waals surface area contributed by atoms with Crippen molar-refractivity contribution in [2.75, 3.05) is 0 Å². The van der Waals surface area contributed by atoms with Crippen molar-refractivity contribution in [2.24, 2.45) is 0 Å². The molecule has 0 aliphatic rings. The van der Waals surface area contributed by atoms with Gasteiger partial charge in [-0.2, -0.15) is 12.1 Å². The Morgan fingerprint density at radius 3 is 1.11 bits per heavy atom. The van der Waals surface area contributed by atoms with Crippen LogP contribution in [0.4, 0.5) is 0 Å². The Hall–Kier alpha value is -4.52. The normalized spacial score (nSPS) is 10.9. The second kappa shape index (κ2) is 17.5. The molecule has 0 aromatic heterocycles. The maximum atomic E-state index is 2.39. The van der Waals surface area contributed by atoms with E-state index in [2.05, 4.69) is 184 Å². The van der Waals surface area contributed by atoms with Crippen LogP contribution < -0.4 is 24.8 Å². The summed E-state index contributed by atoms with van der Waals surface area (Å²) in [7, 11) is 0. The third-order valence-electron chi connectivity index (χ3n) is 10.8. The van der Waals surface area contributed by atoms with Gasteiger partial charge < -0.3 is 24.8 Å². The third kappa shape index (κ3) is 7.56. The predicted octanol–water partition coefficient (Wildman–Crippen LogP) is 8.97. The molecule has 10 aromatic rings. The average molecular weight is 829 g/mol. The van der Waals surface area contributed by atoms with E-state index in [0.29, 0.717) is 0 Å². The van der Waals surface area contributed by atoms with Gasteiger partial charge >= 0.3 is 26.2 Å². The van der Waals surface area contributed by atoms with E-state index in [9.17, 15) is 0 Å². The van der Waals surface area contributed by atoms with Crippen LogP contribution in [-0.2, 0) is 39.0 Å². The molecular weight excluding hydrogens is 787 g/mol. The first-order valence-corrected chi connectivity index (χ1v) is 18.9. The first kappa shape index (κ1) is 40.2. The topological polar surface area (TPSA) is 0 Å². The molecule has 0 saturated heterocycles. The van der Waals surface area contributed by atoms with Gasteiger partial charge in [0.2, 0.25) is 0 Å². The van der Waals surface area contributed by atoms with Crippen molar-refractivity contribution in [1.29, 1.82) is 0 Å². The van der Waals surface area contributed by atoms with Crippen molar-refractivity contribution in [3.8, 4) is 22.3 Å². The van der Waals surface area contributed by atoms with Crippen molar-refractivity contribution in [3.05, 3.63) is 181 Å². The van der Waals surface area contributed by atoms with Gasteiger partial charge in [0, 0.05) is 0 Å². The van der Waals surface area contributed by atoms with Crippen LogP contribution in [0.15, 0.2) is 170 Å². The van der Waals surface area contributed by atoms with Crippen molar-refractivity contribution in [3.63, 3.8) is 0 Å². The number of benzene rings is 8. The smallest absolute Gasteiger partial charge is 1.00 e. The minimum atomic E-state index is 0. The molecule has 0 atom stereocenters. The van der Waals surface area contributed by atoms with Crippen LogP contribution in [0.1, 0.15) is 37.8 Å². The Morgan fingerprint density at radius 2 is 0.709 bits per heavy atom. The van der Waals surface area contributed by atoms with E-state index in [1.165, 1.54) is 111 Å². The van der Waals surface area contributed by atoms with E-state index in [1.807, 2.05) is 0 Å². The van der Waals surface area contributed by atoms with E-state index in [1.54, 1.807) is 0 Å². The molecule has 10 aromatic carbocycles. The predicted molar refractivity (Wildman–Crippen MR) is 228 cm³/mol. The summed E-state index contributed by atoms with van der Waals surface area (Å²) in [6.07, 6.45) is 4.66. The van der Waals surface area contributed by atoms with E-state index in [4.69, 9.17) is 0 Å². The summed E-state index contributed by atoms with van der Waals surface area (Å²) in [5.41, 5.74) is 8.23. The number of halogens is 2. The molecular formula is C52H42Cl2Zr. The van der Waals surface area contributed by atoms with Crippen LogP contribution in [0.2, 0.25) is 0 Å². The molecule has 0 amide bonds. The SMILES string of the molecule is CCCc1cc2c(-c3cc4ccccc4c4ccccc34)cccc2[cH-]1.CCCc1cc2c(-c3cc4ccccc4c4ccccc34)cccc2[cH-]1.[Cl-].[Cl-].[Zr+4]. The summed E-state index contributed by atoms with van der Waals surface area (Å²) in [5, 5.41) is 16.0. The fraction of sp³-hybridized carbons (Fsp3) is 0.115. The second-order valence-corrected chi connectivity index (χ2v) is 14.2. The Labute approximate surface area is 355 Å². The number of rotatable bonds is 6. The van der Waals surface area contributed by atoms with Crippen LogP contribution >= 0.6 is 0 Å². The Balaban J connectivity index is 0.000000177. The van der Waals surface area contributed by atoms with E-state index < -0.39 is 0 Å². The maximum Gasteiger partial charge on any atom is 4.00 e. The standard InChI is InChI=1S/2C26H21.2ClH.Zr/c2*1-2-8-18-15-19-10-7-14-24(25(19)16-18)26-17-20-9-3-4-11-21(20)22-12-5-6-13-23(22)26;;;/h2*3-7,9-17H,2,8H2,1H3;2*1H;/q2*-1;;;+4/p-2. The summed E-state index contributed by atoms with van der Waals surface area (Å²) < 4.78 is 0. The summed E-state index contributed by atoms with van der Waals surface area (Å²) in [6.45, 7) is 4.49. The molecule has 0 aliphatic heterocycles. The molecule has 0 heterocycles. The monoisotopic (exact) mass is 826 g/mol. The summed E-state index contributed by atoms with van der Waals surface area (Å²) in [5.74, 6) is 0. The molecule has 0 radical (unpaired) electrons. The average Bonchev–Trinajstić information content (AvgIpc) is 3.81. The molecule has 0 N–H and O–H groups in total. The fourth-order valence-corrected chi connectivity index (χ4v) is 8.48. The number of aryl methyl sites for hydroxylation is 2. The van der Waals surface area contributed by atoms with Crippen LogP contribution in [0, 0.1) is 0 Å². The van der Waals surface area contributed by atoms with Crippen molar-refractivity contribution in [1.82, 2.24) is 0 Å². The molecule has 0 fully saturated rings. The van der Waals surface area contributed by atoms with E-state index in [-0.39, 0.29) is 51.0 Å². The summed E-state index contributed by atoms with van der Waals surface area (Å²) >= 11 is 0. The quantitative estimate of drug-likeness (QED) is 0.116. The van der Waals surface area contributed by atoms with Gasteiger partial charge in [-0.05, 0) is 79.2 Å². The first-order valence-electron chi connectivity index (χ1n) is 18.9. The van der Waals surface area contributed by atoms with Crippen LogP contribution in [-0.4, -0.2) is 0 Å². The molecule has 0 nitrogen and oxygen atoms in total. The van der Waals surface area contributed by atoms with Gasteiger partial charge in [0.25, 0.3) is 0 Å². The Kier molecular flexibility index (Phi) is 12.8. The Bertz CT molecular complexity index is 2690. The molecule has 3 heteroatoms. The number of hydrogen-bond acceptors (Lipinski definition) is 0. The van der Waals surface area contributed by atoms with Gasteiger partial charge in [0.05, 0.1) is 0 Å². The Morgan fingerprint density at radius 1 is 0.345 bits per heavy atom. The summed E-state index contributed by atoms with van der Waals surface area (Å²) in [6, 6.07) is 62.6. The second-order valence-electron chi connectivity index (χ2n) is 14.2. The van der Waals surface area contributed by atoms with Gasteiger partial charge in [-0.1, -0.05) is 147 Å². The molecule has 10 rings (SSSR count). The minimum absolute atomic E-state index is 0. The van der Waals surface area contributed by atoms with Gasteiger partial charge in [-0.3, -0.25) is 0 Å². The van der Waals surface area contributed by atoms with Gasteiger partial charge in [0.1, 0.15) is 0 Å². The molecule has 0 aliphatic carbocycles. The molecule has 0 spiro atoms. The zero-order valence-corrected chi connectivity index (χ0v) is 35.2. The van der Waals surface area contributed by atoms with Crippen LogP contribution in [0.25, 0.3) is 86.9 Å². The number of hydrogen-bond donors (Lipinski definition) is 0. The fourth-order valence-electron chi connectivity index (χ4n) is 8.48. The molecule has 0 saturated carbocycles. The third-order valence-corrected chi connectivity index (χ3v) is 10.8. The van der Waals surface area contributed by atoms with Gasteiger partial charge in [-0.15, -0.1) is 69.1 Å². The molecule has 268 valence electrons. The largest absolute Gasteiger partial charge is 4.00 e. The van der Waals surface area contributed by atoms with Gasteiger partial charge in [-0.25, -0.2) is 0 Å². The van der Waals surface area contributed by atoms with Crippen LogP contribution in [0.3, 0.4) is 0 Å². The summed E-state index contributed by atoms with van der Waals surface area (Å²) in [4.78, 5) is 0. The van der Waals surface area contributed by atoms with Crippen LogP contribution in [0.5, 0.6) is 0 Å². The van der Waals surface area contributed by atoms with Crippen molar-refractivity contribution < 1.29 is 51.0 Å². The number of fused-ring (bicyclic) bond motifs is 8. The van der Waals surface area contributed by atoms with E-state index in [0.717, 1.165) is 12.8 Å². The minimum Gasteiger partial charge on any atom is -1.00 e. The van der Waals surface area contributed by atoms with E-state index >= 15 is 0 Å². The van der Waals surface area contributed by atoms with Gasteiger partial charge in [0.15, 0.2) is 0 Å². The maximum absolute atomic E-state index is 2.39. The van der Waals surface area contributed by atoms with Crippen molar-refractivity contribution in [2.45, 2.75) is 39.5 Å². The molecule has 0 unspecified atom stereocenters.